The summed E-state index contributed by atoms with van der Waals surface area (Å²) < 4.78 is 10.2. The Balaban J connectivity index is 2.63. The second kappa shape index (κ2) is 5.32. The van der Waals surface area contributed by atoms with Crippen molar-refractivity contribution in [2.24, 2.45) is 5.41 Å². The number of rotatable bonds is 4. The van der Waals surface area contributed by atoms with E-state index in [9.17, 15) is 4.79 Å². The van der Waals surface area contributed by atoms with Gasteiger partial charge in [-0.15, -0.1) is 0 Å². The predicted octanol–water partition coefficient (Wildman–Crippen LogP) is 0.566. The van der Waals surface area contributed by atoms with E-state index in [-0.39, 0.29) is 5.97 Å². The first-order valence-corrected chi connectivity index (χ1v) is 5.12. The Hall–Kier alpha value is -0.610. The van der Waals surface area contributed by atoms with Crippen LogP contribution in [0.2, 0.25) is 0 Å². The molecule has 1 atom stereocenters. The molecule has 82 valence electrons. The summed E-state index contributed by atoms with van der Waals surface area (Å²) in [5, 5.41) is 3.22. The molecule has 1 aliphatic heterocycles. The Morgan fingerprint density at radius 2 is 2.36 bits per heavy atom. The highest BCUT2D eigenvalue weighted by molar-refractivity contribution is 5.77. The van der Waals surface area contributed by atoms with Crippen LogP contribution in [0.3, 0.4) is 0 Å². The van der Waals surface area contributed by atoms with Crippen LogP contribution in [0.15, 0.2) is 0 Å². The highest BCUT2D eigenvalue weighted by Gasteiger charge is 2.41. The molecule has 0 aromatic heterocycles. The average molecular weight is 201 g/mol. The highest BCUT2D eigenvalue weighted by Crippen LogP contribution is 2.28. The summed E-state index contributed by atoms with van der Waals surface area (Å²) in [6.07, 6.45) is 1.86. The van der Waals surface area contributed by atoms with Crippen molar-refractivity contribution in [1.29, 1.82) is 0 Å². The van der Waals surface area contributed by atoms with Gasteiger partial charge in [0.05, 0.1) is 13.2 Å². The van der Waals surface area contributed by atoms with Gasteiger partial charge >= 0.3 is 5.97 Å². The number of esters is 1. The molecule has 14 heavy (non-hydrogen) atoms. The summed E-state index contributed by atoms with van der Waals surface area (Å²) in [6.45, 7) is 4.35. The lowest BCUT2D eigenvalue weighted by Crippen LogP contribution is -2.49. The Morgan fingerprint density at radius 3 is 2.86 bits per heavy atom. The first kappa shape index (κ1) is 11.5. The largest absolute Gasteiger partial charge is 0.465 e. The molecule has 0 aliphatic carbocycles. The molecule has 1 aliphatic rings. The van der Waals surface area contributed by atoms with E-state index < -0.39 is 5.41 Å². The minimum absolute atomic E-state index is 0.131. The number of methoxy groups -OCH3 is 1. The van der Waals surface area contributed by atoms with Crippen LogP contribution in [-0.2, 0) is 14.3 Å². The molecule has 1 saturated heterocycles. The smallest absolute Gasteiger partial charge is 0.315 e. The average Bonchev–Trinajstić information content (AvgIpc) is 2.20. The molecule has 0 bridgehead atoms. The number of nitrogens with one attached hydrogen (secondary N) is 1. The van der Waals surface area contributed by atoms with E-state index in [1.807, 2.05) is 6.92 Å². The number of carbonyl (C=O) groups excluding carboxylic acids is 1. The van der Waals surface area contributed by atoms with Gasteiger partial charge in [-0.2, -0.15) is 0 Å². The monoisotopic (exact) mass is 201 g/mol. The number of hydrogen-bond donors (Lipinski definition) is 1. The lowest BCUT2D eigenvalue weighted by molar-refractivity contribution is -0.160. The molecule has 0 spiro atoms. The standard InChI is InChI=1S/C10H19NO3/c1-3-14-9(12)10(8-13-2)5-4-6-11-7-10/h11H,3-8H2,1-2H3. The van der Waals surface area contributed by atoms with Crippen LogP contribution >= 0.6 is 0 Å². The quantitative estimate of drug-likeness (QED) is 0.675. The van der Waals surface area contributed by atoms with Gasteiger partial charge in [0, 0.05) is 13.7 Å². The fourth-order valence-corrected chi connectivity index (χ4v) is 1.88. The van der Waals surface area contributed by atoms with Crippen LogP contribution in [0, 0.1) is 5.41 Å². The van der Waals surface area contributed by atoms with Gasteiger partial charge in [-0.3, -0.25) is 4.79 Å². The maximum absolute atomic E-state index is 11.8. The van der Waals surface area contributed by atoms with Gasteiger partial charge in [-0.05, 0) is 26.3 Å². The van der Waals surface area contributed by atoms with Crippen LogP contribution < -0.4 is 5.32 Å². The van der Waals surface area contributed by atoms with Crippen molar-refractivity contribution in [2.75, 3.05) is 33.4 Å². The Kier molecular flexibility index (Phi) is 4.35. The predicted molar refractivity (Wildman–Crippen MR) is 53.0 cm³/mol. The molecule has 4 nitrogen and oxygen atoms in total. The summed E-state index contributed by atoms with van der Waals surface area (Å²) in [5.74, 6) is -0.131. The molecule has 4 heteroatoms. The summed E-state index contributed by atoms with van der Waals surface area (Å²) in [6, 6.07) is 0. The Morgan fingerprint density at radius 1 is 1.57 bits per heavy atom. The molecule has 0 aromatic carbocycles. The molecule has 0 saturated carbocycles. The van der Waals surface area contributed by atoms with Crippen LogP contribution in [0.4, 0.5) is 0 Å². The highest BCUT2D eigenvalue weighted by atomic mass is 16.5. The third kappa shape index (κ3) is 2.45. The molecule has 0 aromatic rings. The Labute approximate surface area is 85.0 Å². The van der Waals surface area contributed by atoms with Crippen LogP contribution in [0.5, 0.6) is 0 Å². The fourth-order valence-electron chi connectivity index (χ4n) is 1.88. The minimum atomic E-state index is -0.455. The first-order valence-electron chi connectivity index (χ1n) is 5.12. The van der Waals surface area contributed by atoms with Gasteiger partial charge in [0.15, 0.2) is 0 Å². The molecule has 0 radical (unpaired) electrons. The van der Waals surface area contributed by atoms with Crippen molar-refractivity contribution < 1.29 is 14.3 Å². The number of piperidine rings is 1. The molecule has 1 N–H and O–H groups in total. The van der Waals surface area contributed by atoms with E-state index in [0.29, 0.717) is 19.8 Å². The zero-order valence-corrected chi connectivity index (χ0v) is 8.97. The van der Waals surface area contributed by atoms with Gasteiger partial charge < -0.3 is 14.8 Å². The fraction of sp³-hybridized carbons (Fsp3) is 0.900. The van der Waals surface area contributed by atoms with E-state index in [1.165, 1.54) is 0 Å². The first-order chi connectivity index (χ1) is 6.75. The molecule has 1 rings (SSSR count). The zero-order valence-electron chi connectivity index (χ0n) is 8.97. The maximum atomic E-state index is 11.8. The van der Waals surface area contributed by atoms with Gasteiger partial charge in [-0.1, -0.05) is 0 Å². The second-order valence-electron chi connectivity index (χ2n) is 3.71. The van der Waals surface area contributed by atoms with Crippen LogP contribution in [0.25, 0.3) is 0 Å². The zero-order chi connectivity index (χ0) is 10.4. The molecule has 1 heterocycles. The third-order valence-electron chi connectivity index (χ3n) is 2.60. The lowest BCUT2D eigenvalue weighted by Gasteiger charge is -2.34. The van der Waals surface area contributed by atoms with Gasteiger partial charge in [0.25, 0.3) is 0 Å². The maximum Gasteiger partial charge on any atom is 0.315 e. The normalized spacial score (nSPS) is 27.3. The summed E-state index contributed by atoms with van der Waals surface area (Å²) in [4.78, 5) is 11.8. The molecule has 1 fully saturated rings. The van der Waals surface area contributed by atoms with Crippen molar-refractivity contribution in [3.05, 3.63) is 0 Å². The van der Waals surface area contributed by atoms with Gasteiger partial charge in [0.1, 0.15) is 5.41 Å². The van der Waals surface area contributed by atoms with Crippen LogP contribution in [-0.4, -0.2) is 39.4 Å². The van der Waals surface area contributed by atoms with Crippen molar-refractivity contribution in [3.8, 4) is 0 Å². The number of hydrogen-bond acceptors (Lipinski definition) is 4. The van der Waals surface area contributed by atoms with Gasteiger partial charge in [0.2, 0.25) is 0 Å². The van der Waals surface area contributed by atoms with Crippen molar-refractivity contribution in [1.82, 2.24) is 5.32 Å². The summed E-state index contributed by atoms with van der Waals surface area (Å²) in [5.41, 5.74) is -0.455. The molecule has 0 amide bonds. The molecular formula is C10H19NO3. The number of carbonyl (C=O) groups is 1. The van der Waals surface area contributed by atoms with E-state index in [4.69, 9.17) is 9.47 Å². The van der Waals surface area contributed by atoms with E-state index >= 15 is 0 Å². The van der Waals surface area contributed by atoms with Crippen molar-refractivity contribution >= 4 is 5.97 Å². The van der Waals surface area contributed by atoms with E-state index in [2.05, 4.69) is 5.32 Å². The van der Waals surface area contributed by atoms with E-state index in [1.54, 1.807) is 7.11 Å². The third-order valence-corrected chi connectivity index (χ3v) is 2.60. The topological polar surface area (TPSA) is 47.6 Å². The second-order valence-corrected chi connectivity index (χ2v) is 3.71. The summed E-state index contributed by atoms with van der Waals surface area (Å²) in [7, 11) is 1.62. The van der Waals surface area contributed by atoms with Gasteiger partial charge in [-0.25, -0.2) is 0 Å². The van der Waals surface area contributed by atoms with E-state index in [0.717, 1.165) is 19.4 Å². The summed E-state index contributed by atoms with van der Waals surface area (Å²) >= 11 is 0. The molecular weight excluding hydrogens is 182 g/mol. The van der Waals surface area contributed by atoms with Crippen LogP contribution in [0.1, 0.15) is 19.8 Å². The van der Waals surface area contributed by atoms with Crippen molar-refractivity contribution in [3.63, 3.8) is 0 Å². The van der Waals surface area contributed by atoms with Crippen molar-refractivity contribution in [2.45, 2.75) is 19.8 Å². The number of ether oxygens (including phenoxy) is 2. The lowest BCUT2D eigenvalue weighted by atomic mass is 9.81. The SMILES string of the molecule is CCOC(=O)C1(COC)CCCNC1. The Bertz CT molecular complexity index is 182. The minimum Gasteiger partial charge on any atom is -0.465 e. The molecule has 1 unspecified atom stereocenters.